The van der Waals surface area contributed by atoms with Crippen LogP contribution in [-0.2, 0) is 4.79 Å². The van der Waals surface area contributed by atoms with Crippen LogP contribution in [0.2, 0.25) is 0 Å². The number of rotatable bonds is 6. The normalized spacial score (nSPS) is 22.4. The second-order valence-electron chi connectivity index (χ2n) is 7.38. The van der Waals surface area contributed by atoms with Gasteiger partial charge >= 0.3 is 0 Å². The van der Waals surface area contributed by atoms with Crippen molar-refractivity contribution in [2.75, 3.05) is 39.8 Å². The van der Waals surface area contributed by atoms with Crippen molar-refractivity contribution < 1.29 is 4.79 Å². The fraction of sp³-hybridized carbons (Fsp3) is 0.737. The molecule has 2 aliphatic rings. The lowest BCUT2D eigenvalue weighted by atomic mass is 9.87. The molecule has 0 bridgehead atoms. The van der Waals surface area contributed by atoms with E-state index in [4.69, 9.17) is 0 Å². The average molecular weight is 350 g/mol. The van der Waals surface area contributed by atoms with Gasteiger partial charge in [-0.3, -0.25) is 9.69 Å². The lowest BCUT2D eigenvalue weighted by molar-refractivity contribution is -0.122. The van der Waals surface area contributed by atoms with Crippen molar-refractivity contribution in [3.05, 3.63) is 22.4 Å². The Kier molecular flexibility index (Phi) is 6.69. The molecular weight excluding hydrogens is 318 g/mol. The van der Waals surface area contributed by atoms with E-state index < -0.39 is 0 Å². The lowest BCUT2D eigenvalue weighted by Gasteiger charge is -2.37. The third-order valence-electron chi connectivity index (χ3n) is 5.54. The zero-order chi connectivity index (χ0) is 16.8. The first-order valence-corrected chi connectivity index (χ1v) is 10.3. The predicted octanol–water partition coefficient (Wildman–Crippen LogP) is 3.12. The molecule has 24 heavy (non-hydrogen) atoms. The van der Waals surface area contributed by atoms with E-state index in [2.05, 4.69) is 39.7 Å². The van der Waals surface area contributed by atoms with Gasteiger partial charge in [0, 0.05) is 44.0 Å². The van der Waals surface area contributed by atoms with Gasteiger partial charge in [0.1, 0.15) is 0 Å². The van der Waals surface area contributed by atoms with Crippen molar-refractivity contribution >= 4 is 17.2 Å². The molecule has 1 aliphatic heterocycles. The molecule has 1 aliphatic carbocycles. The molecule has 4 nitrogen and oxygen atoms in total. The lowest BCUT2D eigenvalue weighted by Crippen LogP contribution is -2.48. The first-order valence-electron chi connectivity index (χ1n) is 9.45. The highest BCUT2D eigenvalue weighted by Gasteiger charge is 2.25. The Balaban J connectivity index is 1.53. The van der Waals surface area contributed by atoms with E-state index in [0.717, 1.165) is 39.1 Å². The van der Waals surface area contributed by atoms with Crippen LogP contribution in [-0.4, -0.2) is 55.5 Å². The number of carbonyl (C=O) groups is 1. The minimum absolute atomic E-state index is 0.248. The summed E-state index contributed by atoms with van der Waals surface area (Å²) >= 11 is 1.81. The van der Waals surface area contributed by atoms with E-state index >= 15 is 0 Å². The van der Waals surface area contributed by atoms with Crippen LogP contribution in [0, 0.1) is 5.92 Å². The highest BCUT2D eigenvalue weighted by molar-refractivity contribution is 7.10. The predicted molar refractivity (Wildman–Crippen MR) is 100 cm³/mol. The number of likely N-dealkylation sites (N-methyl/N-ethyl adjacent to an activating group) is 1. The second-order valence-corrected chi connectivity index (χ2v) is 8.36. The Morgan fingerprint density at radius 3 is 2.67 bits per heavy atom. The number of hydrogen-bond donors (Lipinski definition) is 1. The highest BCUT2D eigenvalue weighted by atomic mass is 32.1. The first kappa shape index (κ1) is 17.9. The third kappa shape index (κ3) is 5.04. The van der Waals surface area contributed by atoms with Gasteiger partial charge in [0.2, 0.25) is 5.91 Å². The van der Waals surface area contributed by atoms with Crippen molar-refractivity contribution in [3.8, 4) is 0 Å². The summed E-state index contributed by atoms with van der Waals surface area (Å²) in [6.07, 6.45) is 7.15. The molecule has 1 unspecified atom stereocenters. The monoisotopic (exact) mass is 349 g/mol. The van der Waals surface area contributed by atoms with Crippen molar-refractivity contribution in [2.24, 2.45) is 5.92 Å². The van der Waals surface area contributed by atoms with E-state index in [1.807, 2.05) is 0 Å². The van der Waals surface area contributed by atoms with E-state index in [1.165, 1.54) is 37.0 Å². The fourth-order valence-electron chi connectivity index (χ4n) is 3.96. The van der Waals surface area contributed by atoms with Crippen molar-refractivity contribution in [1.82, 2.24) is 15.1 Å². The molecule has 134 valence electrons. The summed E-state index contributed by atoms with van der Waals surface area (Å²) in [6.45, 7) is 5.13. The molecule has 0 radical (unpaired) electrons. The highest BCUT2D eigenvalue weighted by Crippen LogP contribution is 2.27. The molecule has 0 spiro atoms. The molecule has 1 saturated heterocycles. The number of nitrogens with one attached hydrogen (secondary N) is 1. The Morgan fingerprint density at radius 2 is 2.00 bits per heavy atom. The molecule has 1 saturated carbocycles. The van der Waals surface area contributed by atoms with Crippen LogP contribution in [0.1, 0.15) is 49.4 Å². The third-order valence-corrected chi connectivity index (χ3v) is 6.52. The minimum Gasteiger partial charge on any atom is -0.354 e. The maximum Gasteiger partial charge on any atom is 0.220 e. The van der Waals surface area contributed by atoms with Gasteiger partial charge in [-0.05, 0) is 37.3 Å². The van der Waals surface area contributed by atoms with Crippen LogP contribution in [0.5, 0.6) is 0 Å². The molecular formula is C19H31N3OS. The van der Waals surface area contributed by atoms with E-state index in [9.17, 15) is 4.79 Å². The van der Waals surface area contributed by atoms with Gasteiger partial charge in [0.25, 0.3) is 0 Å². The minimum atomic E-state index is 0.248. The average Bonchev–Trinajstić information content (AvgIpc) is 3.12. The maximum absolute atomic E-state index is 12.4. The standard InChI is InChI=1S/C19H31N3OS/c1-21-9-11-22(12-10-21)17(18-8-5-13-24-18)15-20-19(23)14-16-6-3-2-4-7-16/h5,8,13,16-17H,2-4,6-7,9-12,14-15H2,1H3,(H,20,23). The van der Waals surface area contributed by atoms with Gasteiger partial charge in [-0.1, -0.05) is 25.3 Å². The number of amides is 1. The van der Waals surface area contributed by atoms with Crippen molar-refractivity contribution in [3.63, 3.8) is 0 Å². The molecule has 1 amide bonds. The topological polar surface area (TPSA) is 35.6 Å². The summed E-state index contributed by atoms with van der Waals surface area (Å²) in [5.74, 6) is 0.861. The molecule has 0 aromatic carbocycles. The molecule has 3 rings (SSSR count). The van der Waals surface area contributed by atoms with E-state index in [-0.39, 0.29) is 5.91 Å². The summed E-state index contributed by atoms with van der Waals surface area (Å²) < 4.78 is 0. The first-order chi connectivity index (χ1) is 11.7. The summed E-state index contributed by atoms with van der Waals surface area (Å²) in [7, 11) is 2.18. The summed E-state index contributed by atoms with van der Waals surface area (Å²) in [4.78, 5) is 18.7. The van der Waals surface area contributed by atoms with Gasteiger partial charge < -0.3 is 10.2 Å². The molecule has 1 atom stereocenters. The quantitative estimate of drug-likeness (QED) is 0.857. The maximum atomic E-state index is 12.4. The fourth-order valence-corrected chi connectivity index (χ4v) is 4.82. The van der Waals surface area contributed by atoms with Gasteiger partial charge in [-0.25, -0.2) is 0 Å². The van der Waals surface area contributed by atoms with Gasteiger partial charge in [0.05, 0.1) is 6.04 Å². The Labute approximate surface area is 150 Å². The molecule has 2 heterocycles. The summed E-state index contributed by atoms with van der Waals surface area (Å²) in [6, 6.07) is 4.66. The van der Waals surface area contributed by atoms with Crippen LogP contribution in [0.25, 0.3) is 0 Å². The van der Waals surface area contributed by atoms with Crippen LogP contribution in [0.3, 0.4) is 0 Å². The molecule has 1 aromatic heterocycles. The zero-order valence-corrected chi connectivity index (χ0v) is 15.7. The van der Waals surface area contributed by atoms with Gasteiger partial charge in [-0.2, -0.15) is 0 Å². The number of carbonyl (C=O) groups excluding carboxylic acids is 1. The Morgan fingerprint density at radius 1 is 1.25 bits per heavy atom. The Bertz CT molecular complexity index is 491. The molecule has 1 N–H and O–H groups in total. The second kappa shape index (κ2) is 8.97. The SMILES string of the molecule is CN1CCN(C(CNC(=O)CC2CCCCC2)c2cccs2)CC1. The van der Waals surface area contributed by atoms with Crippen LogP contribution in [0.15, 0.2) is 17.5 Å². The number of hydrogen-bond acceptors (Lipinski definition) is 4. The van der Waals surface area contributed by atoms with Crippen LogP contribution >= 0.6 is 11.3 Å². The van der Waals surface area contributed by atoms with Crippen LogP contribution in [0.4, 0.5) is 0 Å². The molecule has 1 aromatic rings. The molecule has 2 fully saturated rings. The molecule has 5 heteroatoms. The van der Waals surface area contributed by atoms with Gasteiger partial charge in [0.15, 0.2) is 0 Å². The van der Waals surface area contributed by atoms with E-state index in [1.54, 1.807) is 11.3 Å². The van der Waals surface area contributed by atoms with Crippen molar-refractivity contribution in [1.29, 1.82) is 0 Å². The zero-order valence-electron chi connectivity index (χ0n) is 14.9. The number of piperazine rings is 1. The largest absolute Gasteiger partial charge is 0.354 e. The van der Waals surface area contributed by atoms with Crippen LogP contribution < -0.4 is 5.32 Å². The van der Waals surface area contributed by atoms with Crippen molar-refractivity contribution in [2.45, 2.75) is 44.6 Å². The summed E-state index contributed by atoms with van der Waals surface area (Å²) in [5.41, 5.74) is 0. The Hall–Kier alpha value is -0.910. The van der Waals surface area contributed by atoms with E-state index in [0.29, 0.717) is 12.0 Å². The van der Waals surface area contributed by atoms with Gasteiger partial charge in [-0.15, -0.1) is 11.3 Å². The number of nitrogens with zero attached hydrogens (tertiary/aromatic N) is 2. The summed E-state index contributed by atoms with van der Waals surface area (Å²) in [5, 5.41) is 5.38. The number of thiophene rings is 1. The smallest absolute Gasteiger partial charge is 0.220 e.